The molecular formula is C15H27N. The molecule has 0 spiro atoms. The van der Waals surface area contributed by atoms with Crippen molar-refractivity contribution in [2.24, 2.45) is 0 Å². The molecule has 1 heteroatoms. The van der Waals surface area contributed by atoms with E-state index in [9.17, 15) is 0 Å². The van der Waals surface area contributed by atoms with Crippen molar-refractivity contribution in [3.05, 3.63) is 35.1 Å². The molecule has 16 heavy (non-hydrogen) atoms. The molecule has 0 aromatic rings. The molecule has 0 radical (unpaired) electrons. The molecule has 92 valence electrons. The van der Waals surface area contributed by atoms with Crippen molar-refractivity contribution in [3.63, 3.8) is 0 Å². The molecule has 0 unspecified atom stereocenters. The lowest BCUT2D eigenvalue weighted by Gasteiger charge is -2.09. The first-order valence-electron chi connectivity index (χ1n) is 6.38. The molecule has 0 aromatic heterocycles. The van der Waals surface area contributed by atoms with Gasteiger partial charge in [0.1, 0.15) is 0 Å². The Morgan fingerprint density at radius 3 is 2.25 bits per heavy atom. The minimum atomic E-state index is 1.14. The van der Waals surface area contributed by atoms with Gasteiger partial charge in [-0.05, 0) is 38.3 Å². The van der Waals surface area contributed by atoms with Gasteiger partial charge in [0.2, 0.25) is 0 Å². The summed E-state index contributed by atoms with van der Waals surface area (Å²) in [6.07, 6.45) is 11.5. The van der Waals surface area contributed by atoms with Gasteiger partial charge < -0.3 is 5.32 Å². The zero-order valence-corrected chi connectivity index (χ0v) is 11.6. The molecule has 0 atom stereocenters. The zero-order chi connectivity index (χ0) is 12.4. The molecule has 1 N–H and O–H groups in total. The summed E-state index contributed by atoms with van der Waals surface area (Å²) in [5.74, 6) is 0. The van der Waals surface area contributed by atoms with Gasteiger partial charge in [-0.1, -0.05) is 44.4 Å². The largest absolute Gasteiger partial charge is 0.388 e. The fraction of sp³-hybridized carbons (Fsp3) is 0.600. The molecular weight excluding hydrogens is 194 g/mol. The average Bonchev–Trinajstić information content (AvgIpc) is 2.25. The summed E-state index contributed by atoms with van der Waals surface area (Å²) < 4.78 is 0. The number of hydrogen-bond donors (Lipinski definition) is 1. The van der Waals surface area contributed by atoms with Crippen LogP contribution < -0.4 is 5.32 Å². The Morgan fingerprint density at radius 1 is 1.12 bits per heavy atom. The SMILES string of the molecule is CCC/C=C\C(CCC)=C(/C=C(C)C)NC. The quantitative estimate of drug-likeness (QED) is 0.620. The van der Waals surface area contributed by atoms with Crippen molar-refractivity contribution in [1.29, 1.82) is 0 Å². The summed E-state index contributed by atoms with van der Waals surface area (Å²) in [6, 6.07) is 0. The normalized spacial score (nSPS) is 12.6. The second kappa shape index (κ2) is 9.26. The van der Waals surface area contributed by atoms with Gasteiger partial charge in [-0.15, -0.1) is 0 Å². The van der Waals surface area contributed by atoms with Gasteiger partial charge in [0.25, 0.3) is 0 Å². The van der Waals surface area contributed by atoms with E-state index in [4.69, 9.17) is 0 Å². The van der Waals surface area contributed by atoms with Crippen LogP contribution in [-0.4, -0.2) is 7.05 Å². The van der Waals surface area contributed by atoms with Crippen LogP contribution >= 0.6 is 0 Å². The molecule has 0 heterocycles. The number of likely N-dealkylation sites (N-methyl/N-ethyl adjacent to an activating group) is 1. The van der Waals surface area contributed by atoms with Crippen LogP contribution in [0.1, 0.15) is 53.4 Å². The lowest BCUT2D eigenvalue weighted by Crippen LogP contribution is -2.07. The lowest BCUT2D eigenvalue weighted by molar-refractivity contribution is 0.882. The summed E-state index contributed by atoms with van der Waals surface area (Å²) in [4.78, 5) is 0. The second-order valence-electron chi connectivity index (χ2n) is 4.35. The molecule has 1 nitrogen and oxygen atoms in total. The van der Waals surface area contributed by atoms with E-state index in [1.54, 1.807) is 0 Å². The van der Waals surface area contributed by atoms with E-state index in [2.05, 4.69) is 51.2 Å². The zero-order valence-electron chi connectivity index (χ0n) is 11.6. The molecule has 0 saturated carbocycles. The minimum Gasteiger partial charge on any atom is -0.388 e. The number of nitrogens with one attached hydrogen (secondary N) is 1. The molecule has 0 aliphatic carbocycles. The van der Waals surface area contributed by atoms with Gasteiger partial charge in [0, 0.05) is 12.7 Å². The van der Waals surface area contributed by atoms with E-state index in [0.717, 1.165) is 6.42 Å². The Morgan fingerprint density at radius 2 is 1.81 bits per heavy atom. The van der Waals surface area contributed by atoms with Crippen LogP contribution in [0.3, 0.4) is 0 Å². The second-order valence-corrected chi connectivity index (χ2v) is 4.35. The highest BCUT2D eigenvalue weighted by Gasteiger charge is 1.99. The van der Waals surface area contributed by atoms with Gasteiger partial charge in [-0.2, -0.15) is 0 Å². The van der Waals surface area contributed by atoms with Crippen LogP contribution in [0.25, 0.3) is 0 Å². The number of allylic oxidation sites excluding steroid dienone is 5. The van der Waals surface area contributed by atoms with Gasteiger partial charge in [0.05, 0.1) is 0 Å². The van der Waals surface area contributed by atoms with E-state index in [-0.39, 0.29) is 0 Å². The highest BCUT2D eigenvalue weighted by molar-refractivity contribution is 5.33. The summed E-state index contributed by atoms with van der Waals surface area (Å²) in [5.41, 5.74) is 4.01. The smallest absolute Gasteiger partial charge is 0.0369 e. The number of rotatable bonds is 7. The highest BCUT2D eigenvalue weighted by Crippen LogP contribution is 2.14. The van der Waals surface area contributed by atoms with E-state index < -0.39 is 0 Å². The Bertz CT molecular complexity index is 265. The molecule has 0 saturated heterocycles. The van der Waals surface area contributed by atoms with E-state index in [1.165, 1.54) is 36.1 Å². The van der Waals surface area contributed by atoms with Crippen molar-refractivity contribution in [2.45, 2.75) is 53.4 Å². The molecule has 0 rings (SSSR count). The predicted octanol–water partition coefficient (Wildman–Crippen LogP) is 4.58. The molecule has 0 bridgehead atoms. The van der Waals surface area contributed by atoms with Gasteiger partial charge in [0.15, 0.2) is 0 Å². The van der Waals surface area contributed by atoms with Crippen LogP contribution in [0.4, 0.5) is 0 Å². The third-order valence-corrected chi connectivity index (χ3v) is 2.34. The van der Waals surface area contributed by atoms with E-state index >= 15 is 0 Å². The van der Waals surface area contributed by atoms with Crippen LogP contribution in [-0.2, 0) is 0 Å². The maximum atomic E-state index is 3.30. The highest BCUT2D eigenvalue weighted by atomic mass is 14.8. The van der Waals surface area contributed by atoms with Crippen LogP contribution in [0, 0.1) is 0 Å². The van der Waals surface area contributed by atoms with Gasteiger partial charge in [-0.25, -0.2) is 0 Å². The molecule has 0 aliphatic rings. The first-order chi connectivity index (χ1) is 7.65. The summed E-state index contributed by atoms with van der Waals surface area (Å²) in [6.45, 7) is 8.71. The topological polar surface area (TPSA) is 12.0 Å². The van der Waals surface area contributed by atoms with Crippen LogP contribution in [0.2, 0.25) is 0 Å². The molecule has 0 aliphatic heterocycles. The standard InChI is InChI=1S/C15H27N/c1-6-8-9-11-14(10-7-2)15(16-5)12-13(3)4/h9,11-12,16H,6-8,10H2,1-5H3/b11-9-,15-14+. The van der Waals surface area contributed by atoms with Crippen LogP contribution in [0.5, 0.6) is 0 Å². The fourth-order valence-electron chi connectivity index (χ4n) is 1.58. The fourth-order valence-corrected chi connectivity index (χ4v) is 1.58. The molecule has 0 aromatic carbocycles. The summed E-state index contributed by atoms with van der Waals surface area (Å²) in [7, 11) is 2.00. The van der Waals surface area contributed by atoms with E-state index in [1.807, 2.05) is 7.05 Å². The van der Waals surface area contributed by atoms with Crippen molar-refractivity contribution in [2.75, 3.05) is 7.05 Å². The summed E-state index contributed by atoms with van der Waals surface area (Å²) in [5, 5.41) is 3.30. The number of hydrogen-bond acceptors (Lipinski definition) is 1. The Hall–Kier alpha value is -0.980. The van der Waals surface area contributed by atoms with Crippen molar-refractivity contribution in [3.8, 4) is 0 Å². The maximum absolute atomic E-state index is 3.30. The molecule has 0 fully saturated rings. The first kappa shape index (κ1) is 15.0. The lowest BCUT2D eigenvalue weighted by atomic mass is 10.1. The Balaban J connectivity index is 4.92. The third-order valence-electron chi connectivity index (χ3n) is 2.34. The van der Waals surface area contributed by atoms with Crippen molar-refractivity contribution in [1.82, 2.24) is 5.32 Å². The minimum absolute atomic E-state index is 1.14. The number of unbranched alkanes of at least 4 members (excludes halogenated alkanes) is 1. The van der Waals surface area contributed by atoms with E-state index in [0.29, 0.717) is 0 Å². The summed E-state index contributed by atoms with van der Waals surface area (Å²) >= 11 is 0. The maximum Gasteiger partial charge on any atom is 0.0369 e. The van der Waals surface area contributed by atoms with Gasteiger partial charge >= 0.3 is 0 Å². The first-order valence-corrected chi connectivity index (χ1v) is 6.38. The Labute approximate surface area is 101 Å². The van der Waals surface area contributed by atoms with Crippen LogP contribution in [0.15, 0.2) is 35.1 Å². The monoisotopic (exact) mass is 221 g/mol. The predicted molar refractivity (Wildman–Crippen MR) is 74.5 cm³/mol. The van der Waals surface area contributed by atoms with Crippen molar-refractivity contribution >= 4 is 0 Å². The molecule has 0 amide bonds. The Kier molecular flexibility index (Phi) is 8.69. The van der Waals surface area contributed by atoms with Crippen molar-refractivity contribution < 1.29 is 0 Å². The third kappa shape index (κ3) is 6.49. The van der Waals surface area contributed by atoms with Gasteiger partial charge in [-0.3, -0.25) is 0 Å². The average molecular weight is 221 g/mol.